The van der Waals surface area contributed by atoms with Gasteiger partial charge < -0.3 is 15.1 Å². The lowest BCUT2D eigenvalue weighted by Crippen LogP contribution is -2.34. The third-order valence-corrected chi connectivity index (χ3v) is 6.11. The standard InChI is InChI=1S/C22H25N5OS/c1-26(2)11-6-9-19(28)27-12-10-17-18(14-27)29-22-20(17)21(24-15-25-22)23-13-16-7-4-3-5-8-16/h3-9,15H,10-14H2,1-2H3,(H,23,24,25). The summed E-state index contributed by atoms with van der Waals surface area (Å²) in [5.41, 5.74) is 2.49. The molecule has 0 fully saturated rings. The lowest BCUT2D eigenvalue weighted by Gasteiger charge is -2.26. The Balaban J connectivity index is 1.53. The van der Waals surface area contributed by atoms with Gasteiger partial charge in [0.15, 0.2) is 0 Å². The van der Waals surface area contributed by atoms with Gasteiger partial charge in [0, 0.05) is 30.6 Å². The molecule has 6 nitrogen and oxygen atoms in total. The van der Waals surface area contributed by atoms with Crippen LogP contribution in [0, 0.1) is 0 Å². The first-order valence-electron chi connectivity index (χ1n) is 9.75. The van der Waals surface area contributed by atoms with Crippen molar-refractivity contribution >= 4 is 33.3 Å². The molecule has 0 saturated heterocycles. The van der Waals surface area contributed by atoms with Gasteiger partial charge in [-0.3, -0.25) is 4.79 Å². The number of benzene rings is 1. The van der Waals surface area contributed by atoms with E-state index in [1.807, 2.05) is 48.2 Å². The summed E-state index contributed by atoms with van der Waals surface area (Å²) < 4.78 is 0. The zero-order chi connectivity index (χ0) is 20.2. The van der Waals surface area contributed by atoms with E-state index in [1.165, 1.54) is 16.0 Å². The van der Waals surface area contributed by atoms with Gasteiger partial charge in [0.25, 0.3) is 0 Å². The molecular formula is C22H25N5OS. The maximum atomic E-state index is 12.5. The number of carbonyl (C=O) groups is 1. The van der Waals surface area contributed by atoms with Crippen molar-refractivity contribution in [3.8, 4) is 0 Å². The number of nitrogens with zero attached hydrogens (tertiary/aromatic N) is 4. The first-order valence-corrected chi connectivity index (χ1v) is 10.6. The Morgan fingerprint density at radius 3 is 2.90 bits per heavy atom. The van der Waals surface area contributed by atoms with E-state index in [0.717, 1.165) is 42.1 Å². The molecule has 4 rings (SSSR count). The van der Waals surface area contributed by atoms with Gasteiger partial charge in [0.1, 0.15) is 17.0 Å². The minimum absolute atomic E-state index is 0.0727. The molecule has 0 unspecified atom stereocenters. The van der Waals surface area contributed by atoms with Crippen molar-refractivity contribution in [1.29, 1.82) is 0 Å². The van der Waals surface area contributed by atoms with Crippen LogP contribution in [-0.4, -0.2) is 52.9 Å². The largest absolute Gasteiger partial charge is 0.365 e. The predicted molar refractivity (Wildman–Crippen MR) is 118 cm³/mol. The Morgan fingerprint density at radius 1 is 1.28 bits per heavy atom. The number of thiophene rings is 1. The molecule has 0 aliphatic carbocycles. The van der Waals surface area contributed by atoms with Gasteiger partial charge >= 0.3 is 0 Å². The highest BCUT2D eigenvalue weighted by molar-refractivity contribution is 7.19. The minimum atomic E-state index is 0.0727. The van der Waals surface area contributed by atoms with Crippen molar-refractivity contribution < 1.29 is 4.79 Å². The summed E-state index contributed by atoms with van der Waals surface area (Å²) in [5.74, 6) is 0.950. The lowest BCUT2D eigenvalue weighted by atomic mass is 10.0. The molecular weight excluding hydrogens is 382 g/mol. The number of hydrogen-bond acceptors (Lipinski definition) is 6. The zero-order valence-electron chi connectivity index (χ0n) is 16.8. The fraction of sp³-hybridized carbons (Fsp3) is 0.318. The third kappa shape index (κ3) is 4.46. The zero-order valence-corrected chi connectivity index (χ0v) is 17.6. The maximum Gasteiger partial charge on any atom is 0.246 e. The third-order valence-electron chi connectivity index (χ3n) is 4.98. The number of likely N-dealkylation sites (N-methyl/N-ethyl adjacent to an activating group) is 1. The molecule has 0 atom stereocenters. The number of fused-ring (bicyclic) bond motifs is 3. The van der Waals surface area contributed by atoms with Crippen molar-refractivity contribution in [2.75, 3.05) is 32.5 Å². The highest BCUT2D eigenvalue weighted by Gasteiger charge is 2.25. The smallest absolute Gasteiger partial charge is 0.246 e. The van der Waals surface area contributed by atoms with E-state index in [-0.39, 0.29) is 5.91 Å². The SMILES string of the molecule is CN(C)CC=CC(=O)N1CCc2c(sc3ncnc(NCc4ccccc4)c23)C1. The van der Waals surface area contributed by atoms with E-state index in [4.69, 9.17) is 0 Å². The molecule has 3 aromatic rings. The van der Waals surface area contributed by atoms with E-state index in [1.54, 1.807) is 23.7 Å². The first-order chi connectivity index (χ1) is 14.1. The second kappa shape index (κ2) is 8.71. The van der Waals surface area contributed by atoms with Gasteiger partial charge in [-0.1, -0.05) is 36.4 Å². The minimum Gasteiger partial charge on any atom is -0.365 e. The summed E-state index contributed by atoms with van der Waals surface area (Å²) in [6.07, 6.45) is 6.05. The molecule has 2 aromatic heterocycles. The van der Waals surface area contributed by atoms with Crippen LogP contribution in [-0.2, 0) is 24.3 Å². The van der Waals surface area contributed by atoms with E-state index in [0.29, 0.717) is 6.54 Å². The molecule has 150 valence electrons. The Hall–Kier alpha value is -2.77. The van der Waals surface area contributed by atoms with Crippen molar-refractivity contribution in [2.24, 2.45) is 0 Å². The molecule has 7 heteroatoms. The predicted octanol–water partition coefficient (Wildman–Crippen LogP) is 3.31. The van der Waals surface area contributed by atoms with Crippen molar-refractivity contribution in [3.63, 3.8) is 0 Å². The fourth-order valence-electron chi connectivity index (χ4n) is 3.50. The van der Waals surface area contributed by atoms with E-state index >= 15 is 0 Å². The van der Waals surface area contributed by atoms with Crippen molar-refractivity contribution in [1.82, 2.24) is 19.8 Å². The summed E-state index contributed by atoms with van der Waals surface area (Å²) >= 11 is 1.67. The monoisotopic (exact) mass is 407 g/mol. The average molecular weight is 408 g/mol. The molecule has 1 aliphatic rings. The summed E-state index contributed by atoms with van der Waals surface area (Å²) in [6, 6.07) is 10.3. The van der Waals surface area contributed by atoms with Gasteiger partial charge in [-0.25, -0.2) is 9.97 Å². The quantitative estimate of drug-likeness (QED) is 0.635. The summed E-state index contributed by atoms with van der Waals surface area (Å²) in [7, 11) is 3.98. The number of nitrogens with one attached hydrogen (secondary N) is 1. The van der Waals surface area contributed by atoms with E-state index in [9.17, 15) is 4.79 Å². The summed E-state index contributed by atoms with van der Waals surface area (Å²) in [6.45, 7) is 2.84. The van der Waals surface area contributed by atoms with E-state index in [2.05, 4.69) is 27.4 Å². The Kier molecular flexibility index (Phi) is 5.87. The highest BCUT2D eigenvalue weighted by Crippen LogP contribution is 2.37. The van der Waals surface area contributed by atoms with Gasteiger partial charge in [-0.15, -0.1) is 11.3 Å². The molecule has 1 amide bonds. The number of carbonyl (C=O) groups excluding carboxylic acids is 1. The molecule has 0 bridgehead atoms. The summed E-state index contributed by atoms with van der Waals surface area (Å²) in [5, 5.41) is 4.58. The molecule has 0 radical (unpaired) electrons. The van der Waals surface area contributed by atoms with Crippen LogP contribution in [0.4, 0.5) is 5.82 Å². The maximum absolute atomic E-state index is 12.5. The number of anilines is 1. The second-order valence-corrected chi connectivity index (χ2v) is 8.50. The number of amides is 1. The Morgan fingerprint density at radius 2 is 2.10 bits per heavy atom. The van der Waals surface area contributed by atoms with Crippen LogP contribution in [0.1, 0.15) is 16.0 Å². The average Bonchev–Trinajstić information content (AvgIpc) is 3.11. The molecule has 1 aromatic carbocycles. The number of hydrogen-bond donors (Lipinski definition) is 1. The first kappa shape index (κ1) is 19.5. The fourth-order valence-corrected chi connectivity index (χ4v) is 4.70. The van der Waals surface area contributed by atoms with Crippen LogP contribution in [0.5, 0.6) is 0 Å². The van der Waals surface area contributed by atoms with Crippen molar-refractivity contribution in [2.45, 2.75) is 19.5 Å². The summed E-state index contributed by atoms with van der Waals surface area (Å²) in [4.78, 5) is 27.6. The molecule has 3 heterocycles. The second-order valence-electron chi connectivity index (χ2n) is 7.42. The molecule has 0 spiro atoms. The van der Waals surface area contributed by atoms with Crippen LogP contribution in [0.15, 0.2) is 48.8 Å². The van der Waals surface area contributed by atoms with Gasteiger partial charge in [-0.05, 0) is 31.6 Å². The van der Waals surface area contributed by atoms with Crippen LogP contribution in [0.25, 0.3) is 10.2 Å². The van der Waals surface area contributed by atoms with Crippen LogP contribution < -0.4 is 5.32 Å². The van der Waals surface area contributed by atoms with Crippen LogP contribution in [0.2, 0.25) is 0 Å². The topological polar surface area (TPSA) is 61.4 Å². The van der Waals surface area contributed by atoms with Gasteiger partial charge in [0.2, 0.25) is 5.91 Å². The van der Waals surface area contributed by atoms with Crippen LogP contribution >= 0.6 is 11.3 Å². The Labute approximate surface area is 174 Å². The van der Waals surface area contributed by atoms with Gasteiger partial charge in [-0.2, -0.15) is 0 Å². The van der Waals surface area contributed by atoms with E-state index < -0.39 is 0 Å². The molecule has 1 aliphatic heterocycles. The highest BCUT2D eigenvalue weighted by atomic mass is 32.1. The number of aromatic nitrogens is 2. The molecule has 29 heavy (non-hydrogen) atoms. The molecule has 1 N–H and O–H groups in total. The normalized spacial score (nSPS) is 14.0. The van der Waals surface area contributed by atoms with Crippen LogP contribution in [0.3, 0.4) is 0 Å². The van der Waals surface area contributed by atoms with Crippen molar-refractivity contribution in [3.05, 3.63) is 64.8 Å². The molecule has 0 saturated carbocycles. The number of rotatable bonds is 6. The Bertz CT molecular complexity index is 1030. The lowest BCUT2D eigenvalue weighted by molar-refractivity contribution is -0.126. The van der Waals surface area contributed by atoms with Gasteiger partial charge in [0.05, 0.1) is 11.9 Å².